The zero-order chi connectivity index (χ0) is 26.0. The van der Waals surface area contributed by atoms with Crippen molar-refractivity contribution in [2.24, 2.45) is 0 Å². The van der Waals surface area contributed by atoms with Gasteiger partial charge in [-0.3, -0.25) is 4.79 Å². The smallest absolute Gasteiger partial charge is 0.316 e. The van der Waals surface area contributed by atoms with Crippen molar-refractivity contribution in [3.8, 4) is 11.4 Å². The van der Waals surface area contributed by atoms with Crippen molar-refractivity contribution in [3.05, 3.63) is 76.5 Å². The molecule has 9 nitrogen and oxygen atoms in total. The number of nitrogens with two attached hydrogens (primary N) is 1. The molecule has 2 aliphatic rings. The van der Waals surface area contributed by atoms with Crippen LogP contribution < -0.4 is 20.9 Å². The first-order chi connectivity index (χ1) is 17.8. The molecule has 2 N–H and O–H groups in total. The molecule has 0 radical (unpaired) electrons. The summed E-state index contributed by atoms with van der Waals surface area (Å²) >= 11 is 0. The number of aromatic nitrogens is 2. The van der Waals surface area contributed by atoms with Gasteiger partial charge < -0.3 is 15.4 Å². The summed E-state index contributed by atoms with van der Waals surface area (Å²) in [4.78, 5) is 15.5. The number of hydrogen-bond acceptors (Lipinski definition) is 7. The summed E-state index contributed by atoms with van der Waals surface area (Å²) in [5, 5.41) is 4.30. The van der Waals surface area contributed by atoms with Crippen LogP contribution in [0.3, 0.4) is 0 Å². The predicted molar refractivity (Wildman–Crippen MR) is 140 cm³/mol. The molecule has 3 aromatic rings. The molecular weight excluding hydrogens is 497 g/mol. The predicted octanol–water partition coefficient (Wildman–Crippen LogP) is 2.93. The van der Waals surface area contributed by atoms with Gasteiger partial charge in [-0.25, -0.2) is 12.8 Å². The quantitative estimate of drug-likeness (QED) is 0.471. The number of nitrogen functional groups attached to an aromatic ring is 1. The molecular formula is C26H30FN5O4S. The first-order valence-electron chi connectivity index (χ1n) is 12.4. The molecule has 196 valence electrons. The topological polar surface area (TPSA) is 111 Å². The van der Waals surface area contributed by atoms with Crippen LogP contribution in [-0.2, 0) is 15.8 Å². The number of sulfonamides is 1. The zero-order valence-electron chi connectivity index (χ0n) is 20.4. The monoisotopic (exact) mass is 527 g/mol. The first kappa shape index (κ1) is 25.2. The third kappa shape index (κ3) is 5.47. The van der Waals surface area contributed by atoms with Crippen LogP contribution in [0.15, 0.2) is 59.5 Å². The van der Waals surface area contributed by atoms with E-state index >= 15 is 0 Å². The van der Waals surface area contributed by atoms with E-state index in [0.717, 1.165) is 35.9 Å². The summed E-state index contributed by atoms with van der Waals surface area (Å²) in [7, 11) is -3.48. The summed E-state index contributed by atoms with van der Waals surface area (Å²) in [5.74, 6) is -0.541. The van der Waals surface area contributed by atoms with Crippen LogP contribution in [0.5, 0.6) is 5.75 Å². The van der Waals surface area contributed by atoms with Crippen molar-refractivity contribution >= 4 is 21.4 Å². The molecule has 1 aliphatic heterocycles. The van der Waals surface area contributed by atoms with Gasteiger partial charge in [0, 0.05) is 32.2 Å². The molecule has 1 saturated heterocycles. The second kappa shape index (κ2) is 10.5. The summed E-state index contributed by atoms with van der Waals surface area (Å²) in [5.41, 5.74) is 6.58. The summed E-state index contributed by atoms with van der Waals surface area (Å²) in [6.45, 7) is 1.34. The minimum atomic E-state index is -3.48. The molecule has 1 aromatic heterocycles. The number of rotatable bonds is 7. The Hall–Kier alpha value is -3.44. The van der Waals surface area contributed by atoms with E-state index in [-0.39, 0.29) is 42.1 Å². The highest BCUT2D eigenvalue weighted by molar-refractivity contribution is 7.88. The maximum absolute atomic E-state index is 14.1. The van der Waals surface area contributed by atoms with Gasteiger partial charge in [0.15, 0.2) is 0 Å². The molecule has 2 heterocycles. The average molecular weight is 528 g/mol. The van der Waals surface area contributed by atoms with E-state index in [0.29, 0.717) is 18.8 Å². The van der Waals surface area contributed by atoms with Gasteiger partial charge in [-0.15, -0.1) is 0 Å². The van der Waals surface area contributed by atoms with E-state index in [1.165, 1.54) is 28.7 Å². The van der Waals surface area contributed by atoms with Crippen molar-refractivity contribution in [1.29, 1.82) is 0 Å². The lowest BCUT2D eigenvalue weighted by Gasteiger charge is -2.36. The van der Waals surface area contributed by atoms with E-state index in [1.807, 2.05) is 23.1 Å². The number of benzene rings is 2. The van der Waals surface area contributed by atoms with Gasteiger partial charge in [0.05, 0.1) is 29.4 Å². The van der Waals surface area contributed by atoms with Crippen LogP contribution >= 0.6 is 0 Å². The van der Waals surface area contributed by atoms with Gasteiger partial charge in [0.1, 0.15) is 11.5 Å². The lowest BCUT2D eigenvalue weighted by atomic mass is 10.2. The fourth-order valence-corrected chi connectivity index (χ4v) is 6.37. The van der Waals surface area contributed by atoms with Crippen LogP contribution in [0, 0.1) is 5.82 Å². The van der Waals surface area contributed by atoms with E-state index < -0.39 is 21.4 Å². The van der Waals surface area contributed by atoms with Crippen LogP contribution in [0.25, 0.3) is 5.69 Å². The largest absolute Gasteiger partial charge is 0.483 e. The standard InChI is InChI=1S/C26H30FN5O4S/c27-22-16-20(10-11-23(22)28)32-26(33)25(36-21-8-4-5-9-21)24(17-29-32)30-12-14-31(15-13-30)37(34,35)18-19-6-2-1-3-7-19/h1-3,6-7,10-11,16-17,21H,4-5,8-9,12-15,18,28H2. The molecule has 0 amide bonds. The number of hydrogen-bond donors (Lipinski definition) is 1. The fourth-order valence-electron chi connectivity index (χ4n) is 4.85. The minimum absolute atomic E-state index is 0.0177. The van der Waals surface area contributed by atoms with E-state index in [9.17, 15) is 17.6 Å². The van der Waals surface area contributed by atoms with Crippen LogP contribution in [0.1, 0.15) is 31.2 Å². The molecule has 0 unspecified atom stereocenters. The molecule has 2 aromatic carbocycles. The Morgan fingerprint density at radius 2 is 1.73 bits per heavy atom. The van der Waals surface area contributed by atoms with Gasteiger partial charge in [-0.1, -0.05) is 30.3 Å². The van der Waals surface area contributed by atoms with Crippen molar-refractivity contribution in [2.75, 3.05) is 36.8 Å². The first-order valence-corrected chi connectivity index (χ1v) is 14.0. The van der Waals surface area contributed by atoms with Gasteiger partial charge in [0.2, 0.25) is 15.8 Å². The van der Waals surface area contributed by atoms with Crippen molar-refractivity contribution in [2.45, 2.75) is 37.5 Å². The Bertz CT molecular complexity index is 1420. The molecule has 37 heavy (non-hydrogen) atoms. The molecule has 5 rings (SSSR count). The Morgan fingerprint density at radius 3 is 2.41 bits per heavy atom. The zero-order valence-corrected chi connectivity index (χ0v) is 21.2. The van der Waals surface area contributed by atoms with E-state index in [1.54, 1.807) is 12.1 Å². The van der Waals surface area contributed by atoms with Crippen LogP contribution in [-0.4, -0.2) is 54.8 Å². The van der Waals surface area contributed by atoms with Crippen molar-refractivity contribution < 1.29 is 17.5 Å². The lowest BCUT2D eigenvalue weighted by molar-refractivity contribution is 0.205. The minimum Gasteiger partial charge on any atom is -0.483 e. The highest BCUT2D eigenvalue weighted by Crippen LogP contribution is 2.30. The maximum atomic E-state index is 14.1. The summed E-state index contributed by atoms with van der Waals surface area (Å²) in [6.07, 6.45) is 5.21. The lowest BCUT2D eigenvalue weighted by Crippen LogP contribution is -2.49. The van der Waals surface area contributed by atoms with Crippen molar-refractivity contribution in [1.82, 2.24) is 14.1 Å². The van der Waals surface area contributed by atoms with Crippen molar-refractivity contribution in [3.63, 3.8) is 0 Å². The number of anilines is 2. The van der Waals surface area contributed by atoms with Crippen LogP contribution in [0.4, 0.5) is 15.8 Å². The van der Waals surface area contributed by atoms with Gasteiger partial charge in [-0.05, 0) is 43.4 Å². The molecule has 0 bridgehead atoms. The Labute approximate surface area is 215 Å². The van der Waals surface area contributed by atoms with E-state index in [2.05, 4.69) is 5.10 Å². The normalized spacial score (nSPS) is 17.3. The number of halogens is 1. The molecule has 1 saturated carbocycles. The Balaban J connectivity index is 1.39. The van der Waals surface area contributed by atoms with E-state index in [4.69, 9.17) is 10.5 Å². The maximum Gasteiger partial charge on any atom is 0.316 e. The second-order valence-electron chi connectivity index (χ2n) is 9.43. The molecule has 11 heteroatoms. The molecule has 2 fully saturated rings. The molecule has 0 atom stereocenters. The SMILES string of the molecule is Nc1ccc(-n2ncc(N3CCN(S(=O)(=O)Cc4ccccc4)CC3)c(OC3CCCC3)c2=O)cc1F. The third-order valence-corrected chi connectivity index (χ3v) is 8.74. The second-order valence-corrected chi connectivity index (χ2v) is 11.4. The van der Waals surface area contributed by atoms with Gasteiger partial charge in [0.25, 0.3) is 0 Å². The molecule has 1 aliphatic carbocycles. The number of ether oxygens (including phenoxy) is 1. The van der Waals surface area contributed by atoms with Gasteiger partial charge >= 0.3 is 5.56 Å². The average Bonchev–Trinajstić information content (AvgIpc) is 3.41. The Morgan fingerprint density at radius 1 is 1.03 bits per heavy atom. The molecule has 0 spiro atoms. The Kier molecular flexibility index (Phi) is 7.16. The number of piperazine rings is 1. The fraction of sp³-hybridized carbons (Fsp3) is 0.385. The van der Waals surface area contributed by atoms with Crippen LogP contribution in [0.2, 0.25) is 0 Å². The van der Waals surface area contributed by atoms with Gasteiger partial charge in [-0.2, -0.15) is 14.1 Å². The third-order valence-electron chi connectivity index (χ3n) is 6.89. The summed E-state index contributed by atoms with van der Waals surface area (Å²) < 4.78 is 48.9. The number of nitrogens with zero attached hydrogens (tertiary/aromatic N) is 4. The summed E-state index contributed by atoms with van der Waals surface area (Å²) in [6, 6.07) is 13.2. The highest BCUT2D eigenvalue weighted by atomic mass is 32.2. The highest BCUT2D eigenvalue weighted by Gasteiger charge is 2.30.